The number of fused-ring (bicyclic) bond motifs is 2. The van der Waals surface area contributed by atoms with Crippen molar-refractivity contribution < 1.29 is 4.74 Å². The van der Waals surface area contributed by atoms with Crippen LogP contribution in [0.25, 0.3) is 22.4 Å². The van der Waals surface area contributed by atoms with Crippen molar-refractivity contribution in [2.75, 3.05) is 11.9 Å². The van der Waals surface area contributed by atoms with Crippen molar-refractivity contribution in [2.45, 2.75) is 0 Å². The van der Waals surface area contributed by atoms with Gasteiger partial charge >= 0.3 is 0 Å². The van der Waals surface area contributed by atoms with Gasteiger partial charge in [-0.15, -0.1) is 0 Å². The Morgan fingerprint density at radius 1 is 1.20 bits per heavy atom. The number of nitrogens with zero attached hydrogens (tertiary/aromatic N) is 4. The molecule has 25 heavy (non-hydrogen) atoms. The molecule has 5 rings (SSSR count). The maximum atomic E-state index is 5.54. The number of rotatable bonds is 3. The van der Waals surface area contributed by atoms with E-state index in [1.807, 2.05) is 35.0 Å². The van der Waals surface area contributed by atoms with Crippen molar-refractivity contribution in [3.8, 4) is 17.1 Å². The van der Waals surface area contributed by atoms with E-state index < -0.39 is 0 Å². The molecule has 0 spiro atoms. The van der Waals surface area contributed by atoms with E-state index in [4.69, 9.17) is 4.74 Å². The summed E-state index contributed by atoms with van der Waals surface area (Å²) >= 11 is 1.61. The first-order chi connectivity index (χ1) is 12.4. The highest BCUT2D eigenvalue weighted by molar-refractivity contribution is 7.08. The Morgan fingerprint density at radius 2 is 2.20 bits per heavy atom. The van der Waals surface area contributed by atoms with Gasteiger partial charge in [-0.05, 0) is 29.6 Å². The number of hydrogen-bond acceptors (Lipinski definition) is 7. The predicted octanol–water partition coefficient (Wildman–Crippen LogP) is 3.92. The van der Waals surface area contributed by atoms with Gasteiger partial charge in [-0.25, -0.2) is 9.97 Å². The topological polar surface area (TPSA) is 88.1 Å². The van der Waals surface area contributed by atoms with Gasteiger partial charge in [0.25, 0.3) is 0 Å². The highest BCUT2D eigenvalue weighted by Gasteiger charge is 2.13. The van der Waals surface area contributed by atoms with Gasteiger partial charge in [0.15, 0.2) is 11.6 Å². The minimum Gasteiger partial charge on any atom is -0.486 e. The van der Waals surface area contributed by atoms with Crippen molar-refractivity contribution >= 4 is 45.8 Å². The van der Waals surface area contributed by atoms with Crippen LogP contribution in [0.15, 0.2) is 46.2 Å². The van der Waals surface area contributed by atoms with Crippen LogP contribution >= 0.6 is 11.3 Å². The molecule has 1 aliphatic heterocycles. The van der Waals surface area contributed by atoms with E-state index in [0.717, 1.165) is 33.7 Å². The molecule has 0 aliphatic carbocycles. The highest BCUT2D eigenvalue weighted by atomic mass is 32.1. The molecule has 122 valence electrons. The summed E-state index contributed by atoms with van der Waals surface area (Å²) in [6, 6.07) is 7.77. The molecule has 0 saturated carbocycles. The number of benzene rings is 1. The van der Waals surface area contributed by atoms with Crippen molar-refractivity contribution in [2.24, 2.45) is 4.99 Å². The lowest BCUT2D eigenvalue weighted by molar-refractivity contribution is 0.377. The Kier molecular flexibility index (Phi) is 3.20. The summed E-state index contributed by atoms with van der Waals surface area (Å²) in [6.45, 7) is 0.504. The van der Waals surface area contributed by atoms with Crippen molar-refractivity contribution in [3.05, 3.63) is 41.2 Å². The first-order valence-corrected chi connectivity index (χ1v) is 8.61. The third-order valence-corrected chi connectivity index (χ3v) is 4.53. The number of ether oxygens (including phenoxy) is 1. The number of aromatic amines is 1. The normalized spacial score (nSPS) is 12.8. The number of H-pyrrole nitrogens is 1. The molecule has 8 heteroatoms. The average Bonchev–Trinajstić information content (AvgIpc) is 3.33. The van der Waals surface area contributed by atoms with Gasteiger partial charge in [-0.1, -0.05) is 0 Å². The summed E-state index contributed by atoms with van der Waals surface area (Å²) in [7, 11) is 0. The van der Waals surface area contributed by atoms with Crippen LogP contribution in [-0.4, -0.2) is 33.0 Å². The van der Waals surface area contributed by atoms with Crippen LogP contribution in [-0.2, 0) is 0 Å². The van der Waals surface area contributed by atoms with Crippen LogP contribution in [0, 0.1) is 0 Å². The molecule has 7 nitrogen and oxygen atoms in total. The summed E-state index contributed by atoms with van der Waals surface area (Å²) in [4.78, 5) is 13.6. The molecule has 1 aromatic carbocycles. The van der Waals surface area contributed by atoms with Gasteiger partial charge < -0.3 is 10.1 Å². The fraction of sp³-hybridized carbons (Fsp3) is 0.0588. The molecular weight excluding hydrogens is 336 g/mol. The molecule has 4 aromatic rings. The Morgan fingerprint density at radius 3 is 3.12 bits per heavy atom. The maximum absolute atomic E-state index is 5.54. The van der Waals surface area contributed by atoms with Crippen LogP contribution < -0.4 is 10.1 Å². The van der Waals surface area contributed by atoms with Gasteiger partial charge in [0.1, 0.15) is 29.1 Å². The molecule has 0 radical (unpaired) electrons. The fourth-order valence-electron chi connectivity index (χ4n) is 2.67. The van der Waals surface area contributed by atoms with E-state index in [0.29, 0.717) is 18.2 Å². The van der Waals surface area contributed by atoms with E-state index in [1.165, 1.54) is 0 Å². The van der Waals surface area contributed by atoms with Crippen LogP contribution in [0.4, 0.5) is 17.2 Å². The largest absolute Gasteiger partial charge is 0.486 e. The molecule has 0 unspecified atom stereocenters. The SMILES string of the molecule is C1=Nc2cc(Nc3nc(-c4ccsc4)nc4cn[nH]c34)ccc2OC1. The molecule has 3 aromatic heterocycles. The lowest BCUT2D eigenvalue weighted by Crippen LogP contribution is -2.03. The zero-order valence-corrected chi connectivity index (χ0v) is 13.7. The highest BCUT2D eigenvalue weighted by Crippen LogP contribution is 2.34. The predicted molar refractivity (Wildman–Crippen MR) is 98.4 cm³/mol. The number of aliphatic imine (C=N–C) groups is 1. The van der Waals surface area contributed by atoms with E-state index in [1.54, 1.807) is 23.7 Å². The minimum absolute atomic E-state index is 0.504. The van der Waals surface area contributed by atoms with Crippen LogP contribution in [0.1, 0.15) is 0 Å². The number of thiophene rings is 1. The Labute approximate surface area is 146 Å². The monoisotopic (exact) mass is 348 g/mol. The van der Waals surface area contributed by atoms with E-state index >= 15 is 0 Å². The number of nitrogens with one attached hydrogen (secondary N) is 2. The van der Waals surface area contributed by atoms with Crippen molar-refractivity contribution in [1.82, 2.24) is 20.2 Å². The molecule has 0 amide bonds. The Balaban J connectivity index is 1.58. The second-order valence-corrected chi connectivity index (χ2v) is 6.25. The first kappa shape index (κ1) is 14.1. The fourth-order valence-corrected chi connectivity index (χ4v) is 3.30. The van der Waals surface area contributed by atoms with Gasteiger partial charge in [0, 0.05) is 22.8 Å². The Bertz CT molecular complexity index is 1090. The third kappa shape index (κ3) is 2.52. The molecule has 2 N–H and O–H groups in total. The van der Waals surface area contributed by atoms with Gasteiger partial charge in [-0.2, -0.15) is 16.4 Å². The second-order valence-electron chi connectivity index (χ2n) is 5.47. The van der Waals surface area contributed by atoms with Crippen LogP contribution in [0.5, 0.6) is 5.75 Å². The standard InChI is InChI=1S/C17H12N6OS/c1-2-14-12(18-4-5-24-14)7-11(1)20-17-15-13(8-19-23-15)21-16(22-17)10-3-6-25-9-10/h1-4,6-9H,5H2,(H,19,23)(H,20,21,22). The first-order valence-electron chi connectivity index (χ1n) is 7.67. The summed E-state index contributed by atoms with van der Waals surface area (Å²) < 4.78 is 5.54. The number of aromatic nitrogens is 4. The van der Waals surface area contributed by atoms with E-state index in [-0.39, 0.29) is 0 Å². The van der Waals surface area contributed by atoms with E-state index in [9.17, 15) is 0 Å². The molecule has 0 atom stereocenters. The quantitative estimate of drug-likeness (QED) is 0.586. The second kappa shape index (κ2) is 5.67. The number of anilines is 2. The lowest BCUT2D eigenvalue weighted by atomic mass is 10.2. The zero-order valence-electron chi connectivity index (χ0n) is 12.9. The third-order valence-electron chi connectivity index (χ3n) is 3.84. The molecule has 0 bridgehead atoms. The molecule has 4 heterocycles. The number of hydrogen-bond donors (Lipinski definition) is 2. The summed E-state index contributed by atoms with van der Waals surface area (Å²) in [5.41, 5.74) is 4.17. The molecule has 0 fully saturated rings. The van der Waals surface area contributed by atoms with Crippen molar-refractivity contribution in [3.63, 3.8) is 0 Å². The smallest absolute Gasteiger partial charge is 0.163 e. The molecule has 0 saturated heterocycles. The maximum Gasteiger partial charge on any atom is 0.163 e. The average molecular weight is 348 g/mol. The molecule has 1 aliphatic rings. The summed E-state index contributed by atoms with van der Waals surface area (Å²) in [6.07, 6.45) is 3.45. The van der Waals surface area contributed by atoms with E-state index in [2.05, 4.69) is 30.5 Å². The summed E-state index contributed by atoms with van der Waals surface area (Å²) in [5.74, 6) is 2.11. The van der Waals surface area contributed by atoms with Gasteiger partial charge in [0.2, 0.25) is 0 Å². The minimum atomic E-state index is 0.504. The molecular formula is C17H12N6OS. The summed E-state index contributed by atoms with van der Waals surface area (Å²) in [5, 5.41) is 14.4. The van der Waals surface area contributed by atoms with Gasteiger partial charge in [0.05, 0.1) is 6.20 Å². The lowest BCUT2D eigenvalue weighted by Gasteiger charge is -2.13. The zero-order chi connectivity index (χ0) is 16.6. The van der Waals surface area contributed by atoms with Crippen LogP contribution in [0.3, 0.4) is 0 Å². The van der Waals surface area contributed by atoms with Gasteiger partial charge in [-0.3, -0.25) is 10.1 Å². The van der Waals surface area contributed by atoms with Crippen molar-refractivity contribution in [1.29, 1.82) is 0 Å². The Hall–Kier alpha value is -3.26. The van der Waals surface area contributed by atoms with Crippen LogP contribution in [0.2, 0.25) is 0 Å².